The third-order valence-electron chi connectivity index (χ3n) is 4.52. The average Bonchev–Trinajstić information content (AvgIpc) is 2.49. The molecule has 1 aliphatic rings. The number of hydrogen-bond acceptors (Lipinski definition) is 2. The number of hydrogen-bond donors (Lipinski definition) is 1. The fraction of sp³-hybridized carbons (Fsp3) is 0.667. The van der Waals surface area contributed by atoms with E-state index < -0.39 is 0 Å². The SMILES string of the molecule is CCc1ccccc1CNCCCN1CCC(C)CC1. The van der Waals surface area contributed by atoms with Crippen LogP contribution in [0, 0.1) is 5.92 Å². The second-order valence-electron chi connectivity index (χ2n) is 6.18. The van der Waals surface area contributed by atoms with Crippen molar-refractivity contribution >= 4 is 0 Å². The molecule has 1 aliphatic heterocycles. The van der Waals surface area contributed by atoms with E-state index in [1.807, 2.05) is 0 Å². The van der Waals surface area contributed by atoms with Gasteiger partial charge in [0.05, 0.1) is 0 Å². The molecular formula is C18H30N2. The Morgan fingerprint density at radius 1 is 1.15 bits per heavy atom. The lowest BCUT2D eigenvalue weighted by Gasteiger charge is -2.30. The minimum absolute atomic E-state index is 0.940. The van der Waals surface area contributed by atoms with Gasteiger partial charge in [-0.1, -0.05) is 38.1 Å². The van der Waals surface area contributed by atoms with E-state index in [9.17, 15) is 0 Å². The van der Waals surface area contributed by atoms with Crippen LogP contribution in [0.3, 0.4) is 0 Å². The van der Waals surface area contributed by atoms with Crippen molar-refractivity contribution in [2.45, 2.75) is 46.1 Å². The van der Waals surface area contributed by atoms with E-state index in [0.29, 0.717) is 0 Å². The molecule has 0 aromatic heterocycles. The molecule has 112 valence electrons. The Morgan fingerprint density at radius 3 is 2.55 bits per heavy atom. The molecular weight excluding hydrogens is 244 g/mol. The second-order valence-corrected chi connectivity index (χ2v) is 6.18. The third-order valence-corrected chi connectivity index (χ3v) is 4.52. The van der Waals surface area contributed by atoms with Gasteiger partial charge in [-0.25, -0.2) is 0 Å². The first-order valence-electron chi connectivity index (χ1n) is 8.29. The Morgan fingerprint density at radius 2 is 1.85 bits per heavy atom. The van der Waals surface area contributed by atoms with Gasteiger partial charge in [0.15, 0.2) is 0 Å². The van der Waals surface area contributed by atoms with Crippen molar-refractivity contribution < 1.29 is 0 Å². The number of aryl methyl sites for hydroxylation is 1. The highest BCUT2D eigenvalue weighted by Gasteiger charge is 2.14. The molecule has 1 aromatic rings. The highest BCUT2D eigenvalue weighted by molar-refractivity contribution is 5.26. The third kappa shape index (κ3) is 4.92. The summed E-state index contributed by atoms with van der Waals surface area (Å²) in [6.45, 7) is 10.6. The van der Waals surface area contributed by atoms with E-state index in [-0.39, 0.29) is 0 Å². The first-order chi connectivity index (χ1) is 9.79. The van der Waals surface area contributed by atoms with E-state index >= 15 is 0 Å². The molecule has 1 heterocycles. The molecule has 1 fully saturated rings. The highest BCUT2D eigenvalue weighted by atomic mass is 15.1. The van der Waals surface area contributed by atoms with E-state index in [4.69, 9.17) is 0 Å². The molecule has 0 atom stereocenters. The van der Waals surface area contributed by atoms with Crippen molar-refractivity contribution in [2.75, 3.05) is 26.2 Å². The lowest BCUT2D eigenvalue weighted by molar-refractivity contribution is 0.190. The predicted octanol–water partition coefficient (Wildman–Crippen LogP) is 3.46. The summed E-state index contributed by atoms with van der Waals surface area (Å²) in [5, 5.41) is 3.60. The average molecular weight is 274 g/mol. The maximum Gasteiger partial charge on any atom is 0.0208 e. The first-order valence-corrected chi connectivity index (χ1v) is 8.29. The molecule has 20 heavy (non-hydrogen) atoms. The Labute approximate surface area is 124 Å². The summed E-state index contributed by atoms with van der Waals surface area (Å²) in [5.41, 5.74) is 2.94. The molecule has 0 radical (unpaired) electrons. The van der Waals surface area contributed by atoms with Crippen LogP contribution in [-0.2, 0) is 13.0 Å². The predicted molar refractivity (Wildman–Crippen MR) is 87.0 cm³/mol. The van der Waals surface area contributed by atoms with E-state index in [2.05, 4.69) is 48.3 Å². The Balaban J connectivity index is 1.59. The van der Waals surface area contributed by atoms with Gasteiger partial charge in [-0.2, -0.15) is 0 Å². The molecule has 1 saturated heterocycles. The largest absolute Gasteiger partial charge is 0.313 e. The molecule has 0 bridgehead atoms. The smallest absolute Gasteiger partial charge is 0.0208 e. The van der Waals surface area contributed by atoms with Gasteiger partial charge in [0.1, 0.15) is 0 Å². The minimum Gasteiger partial charge on any atom is -0.313 e. The van der Waals surface area contributed by atoms with Crippen LogP contribution in [0.5, 0.6) is 0 Å². The molecule has 0 amide bonds. The van der Waals surface area contributed by atoms with Gasteiger partial charge in [0, 0.05) is 6.54 Å². The van der Waals surface area contributed by atoms with Crippen LogP contribution >= 0.6 is 0 Å². The highest BCUT2D eigenvalue weighted by Crippen LogP contribution is 2.15. The zero-order chi connectivity index (χ0) is 14.2. The van der Waals surface area contributed by atoms with Crippen molar-refractivity contribution in [3.8, 4) is 0 Å². The van der Waals surface area contributed by atoms with Gasteiger partial charge in [-0.3, -0.25) is 0 Å². The van der Waals surface area contributed by atoms with Crippen LogP contribution < -0.4 is 5.32 Å². The molecule has 2 nitrogen and oxygen atoms in total. The number of nitrogens with one attached hydrogen (secondary N) is 1. The van der Waals surface area contributed by atoms with Crippen LogP contribution in [0.1, 0.15) is 44.2 Å². The number of piperidine rings is 1. The molecule has 0 spiro atoms. The summed E-state index contributed by atoms with van der Waals surface area (Å²) in [6.07, 6.45) is 5.17. The standard InChI is InChI=1S/C18H30N2/c1-3-17-7-4-5-8-18(17)15-19-11-6-12-20-13-9-16(2)10-14-20/h4-5,7-8,16,19H,3,6,9-15H2,1-2H3. The van der Waals surface area contributed by atoms with Crippen LogP contribution in [-0.4, -0.2) is 31.1 Å². The van der Waals surface area contributed by atoms with E-state index in [0.717, 1.165) is 25.4 Å². The molecule has 0 aliphatic carbocycles. The zero-order valence-electron chi connectivity index (χ0n) is 13.2. The van der Waals surface area contributed by atoms with Gasteiger partial charge >= 0.3 is 0 Å². The number of likely N-dealkylation sites (tertiary alicyclic amines) is 1. The summed E-state index contributed by atoms with van der Waals surface area (Å²) >= 11 is 0. The van der Waals surface area contributed by atoms with Crippen molar-refractivity contribution in [3.05, 3.63) is 35.4 Å². The van der Waals surface area contributed by atoms with Gasteiger partial charge in [-0.15, -0.1) is 0 Å². The summed E-state index contributed by atoms with van der Waals surface area (Å²) in [5.74, 6) is 0.940. The van der Waals surface area contributed by atoms with Crippen LogP contribution in [0.4, 0.5) is 0 Å². The molecule has 1 aromatic carbocycles. The van der Waals surface area contributed by atoms with Crippen molar-refractivity contribution in [1.82, 2.24) is 10.2 Å². The molecule has 2 rings (SSSR count). The van der Waals surface area contributed by atoms with Crippen LogP contribution in [0.15, 0.2) is 24.3 Å². The number of rotatable bonds is 7. The van der Waals surface area contributed by atoms with Gasteiger partial charge in [0.2, 0.25) is 0 Å². The Kier molecular flexibility index (Phi) is 6.55. The maximum atomic E-state index is 3.60. The molecule has 1 N–H and O–H groups in total. The van der Waals surface area contributed by atoms with Crippen molar-refractivity contribution in [2.24, 2.45) is 5.92 Å². The summed E-state index contributed by atoms with van der Waals surface area (Å²) in [7, 11) is 0. The molecule has 0 saturated carbocycles. The summed E-state index contributed by atoms with van der Waals surface area (Å²) in [6, 6.07) is 8.77. The van der Waals surface area contributed by atoms with Crippen LogP contribution in [0.2, 0.25) is 0 Å². The van der Waals surface area contributed by atoms with Crippen LogP contribution in [0.25, 0.3) is 0 Å². The first kappa shape index (κ1) is 15.5. The number of nitrogens with zero attached hydrogens (tertiary/aromatic N) is 1. The summed E-state index contributed by atoms with van der Waals surface area (Å²) in [4.78, 5) is 2.63. The van der Waals surface area contributed by atoms with E-state index in [1.165, 1.54) is 50.0 Å². The lowest BCUT2D eigenvalue weighted by atomic mass is 9.99. The van der Waals surface area contributed by atoms with Crippen molar-refractivity contribution in [1.29, 1.82) is 0 Å². The Bertz CT molecular complexity index is 381. The second kappa shape index (κ2) is 8.43. The molecule has 2 heteroatoms. The normalized spacial score (nSPS) is 17.5. The van der Waals surface area contributed by atoms with Gasteiger partial charge in [0.25, 0.3) is 0 Å². The Hall–Kier alpha value is -0.860. The lowest BCUT2D eigenvalue weighted by Crippen LogP contribution is -2.34. The maximum absolute atomic E-state index is 3.60. The fourth-order valence-corrected chi connectivity index (χ4v) is 3.01. The van der Waals surface area contributed by atoms with Crippen molar-refractivity contribution in [3.63, 3.8) is 0 Å². The minimum atomic E-state index is 0.940. The van der Waals surface area contributed by atoms with Gasteiger partial charge in [-0.05, 0) is 68.9 Å². The van der Waals surface area contributed by atoms with Gasteiger partial charge < -0.3 is 10.2 Å². The zero-order valence-corrected chi connectivity index (χ0v) is 13.2. The summed E-state index contributed by atoms with van der Waals surface area (Å²) < 4.78 is 0. The quantitative estimate of drug-likeness (QED) is 0.766. The topological polar surface area (TPSA) is 15.3 Å². The number of benzene rings is 1. The fourth-order valence-electron chi connectivity index (χ4n) is 3.01. The monoisotopic (exact) mass is 274 g/mol. The molecule has 0 unspecified atom stereocenters. The van der Waals surface area contributed by atoms with E-state index in [1.54, 1.807) is 0 Å².